The molecule has 0 atom stereocenters. The van der Waals surface area contributed by atoms with Crippen molar-refractivity contribution in [3.8, 4) is 5.75 Å². The minimum absolute atomic E-state index is 0.278. The molecular formula is C12H15FN2O2. The van der Waals surface area contributed by atoms with Crippen LogP contribution in [0.15, 0.2) is 18.2 Å². The van der Waals surface area contributed by atoms with Crippen LogP contribution in [-0.4, -0.2) is 18.7 Å². The van der Waals surface area contributed by atoms with Crippen LogP contribution in [0.2, 0.25) is 0 Å². The van der Waals surface area contributed by atoms with Gasteiger partial charge in [-0.3, -0.25) is 0 Å². The number of rotatable bonds is 4. The van der Waals surface area contributed by atoms with Crippen LogP contribution in [0.4, 0.5) is 14.9 Å². The summed E-state index contributed by atoms with van der Waals surface area (Å²) >= 11 is 0. The highest BCUT2D eigenvalue weighted by Crippen LogP contribution is 2.26. The number of halogens is 1. The van der Waals surface area contributed by atoms with Crippen molar-refractivity contribution in [2.24, 2.45) is 0 Å². The Bertz CT molecular complexity index is 419. The van der Waals surface area contributed by atoms with E-state index in [-0.39, 0.29) is 17.9 Å². The number of nitrogens with one attached hydrogen (secondary N) is 2. The Morgan fingerprint density at radius 1 is 1.53 bits per heavy atom. The molecule has 4 nitrogen and oxygen atoms in total. The van der Waals surface area contributed by atoms with Crippen molar-refractivity contribution in [2.75, 3.05) is 11.9 Å². The second-order valence-electron chi connectivity index (χ2n) is 3.95. The zero-order chi connectivity index (χ0) is 12.3. The van der Waals surface area contributed by atoms with Gasteiger partial charge in [-0.15, -0.1) is 0 Å². The summed E-state index contributed by atoms with van der Waals surface area (Å²) in [6, 6.07) is 4.05. The molecule has 2 N–H and O–H groups in total. The van der Waals surface area contributed by atoms with Crippen molar-refractivity contribution in [3.05, 3.63) is 24.0 Å². The number of amides is 2. The molecule has 17 heavy (non-hydrogen) atoms. The number of carbonyl (C=O) groups is 1. The Balaban J connectivity index is 2.04. The highest BCUT2D eigenvalue weighted by molar-refractivity contribution is 5.91. The SMILES string of the molecule is CCOc1cc(F)ccc1NC(=O)NC1CC1. The first-order valence-electron chi connectivity index (χ1n) is 5.69. The second-order valence-corrected chi connectivity index (χ2v) is 3.95. The summed E-state index contributed by atoms with van der Waals surface area (Å²) < 4.78 is 18.3. The van der Waals surface area contributed by atoms with Gasteiger partial charge >= 0.3 is 6.03 Å². The third kappa shape index (κ3) is 3.34. The van der Waals surface area contributed by atoms with Gasteiger partial charge in [-0.05, 0) is 31.9 Å². The molecule has 5 heteroatoms. The first kappa shape index (κ1) is 11.7. The van der Waals surface area contributed by atoms with Crippen LogP contribution in [0.3, 0.4) is 0 Å². The molecule has 1 fully saturated rings. The fourth-order valence-electron chi connectivity index (χ4n) is 1.45. The van der Waals surface area contributed by atoms with Gasteiger partial charge in [-0.1, -0.05) is 0 Å². The van der Waals surface area contributed by atoms with Crippen LogP contribution in [0.1, 0.15) is 19.8 Å². The van der Waals surface area contributed by atoms with Crippen molar-refractivity contribution in [2.45, 2.75) is 25.8 Å². The van der Waals surface area contributed by atoms with Gasteiger partial charge in [0.05, 0.1) is 12.3 Å². The average Bonchev–Trinajstić information content (AvgIpc) is 3.06. The lowest BCUT2D eigenvalue weighted by molar-refractivity contribution is 0.251. The van der Waals surface area contributed by atoms with E-state index in [0.29, 0.717) is 18.0 Å². The maximum Gasteiger partial charge on any atom is 0.319 e. The molecule has 2 rings (SSSR count). The number of urea groups is 1. The second kappa shape index (κ2) is 5.03. The number of benzene rings is 1. The molecule has 0 radical (unpaired) electrons. The first-order valence-corrected chi connectivity index (χ1v) is 5.69. The van der Waals surface area contributed by atoms with Crippen LogP contribution >= 0.6 is 0 Å². The van der Waals surface area contributed by atoms with E-state index in [0.717, 1.165) is 12.8 Å². The summed E-state index contributed by atoms with van der Waals surface area (Å²) in [5, 5.41) is 5.44. The maximum atomic E-state index is 13.0. The summed E-state index contributed by atoms with van der Waals surface area (Å²) in [4.78, 5) is 11.5. The fraction of sp³-hybridized carbons (Fsp3) is 0.417. The number of ether oxygens (including phenoxy) is 1. The van der Waals surface area contributed by atoms with Crippen molar-refractivity contribution in [3.63, 3.8) is 0 Å². The minimum Gasteiger partial charge on any atom is -0.492 e. The zero-order valence-electron chi connectivity index (χ0n) is 9.63. The molecule has 0 unspecified atom stereocenters. The zero-order valence-corrected chi connectivity index (χ0v) is 9.63. The topological polar surface area (TPSA) is 50.4 Å². The lowest BCUT2D eigenvalue weighted by Gasteiger charge is -2.12. The van der Waals surface area contributed by atoms with Gasteiger partial charge in [-0.2, -0.15) is 0 Å². The predicted octanol–water partition coefficient (Wildman–Crippen LogP) is 2.51. The molecule has 0 spiro atoms. The Morgan fingerprint density at radius 2 is 2.29 bits per heavy atom. The van der Waals surface area contributed by atoms with Crippen LogP contribution in [0.5, 0.6) is 5.75 Å². The monoisotopic (exact) mass is 238 g/mol. The van der Waals surface area contributed by atoms with E-state index < -0.39 is 0 Å². The highest BCUT2D eigenvalue weighted by atomic mass is 19.1. The Labute approximate surface area is 99.2 Å². The van der Waals surface area contributed by atoms with E-state index in [1.807, 2.05) is 0 Å². The summed E-state index contributed by atoms with van der Waals surface area (Å²) in [6.45, 7) is 2.22. The standard InChI is InChI=1S/C12H15FN2O2/c1-2-17-11-7-8(13)3-6-10(11)15-12(16)14-9-4-5-9/h3,6-7,9H,2,4-5H2,1H3,(H2,14,15,16). The molecule has 92 valence electrons. The normalized spacial score (nSPS) is 14.2. The van der Waals surface area contributed by atoms with Gasteiger partial charge in [0.2, 0.25) is 0 Å². The number of anilines is 1. The third-order valence-electron chi connectivity index (χ3n) is 2.40. The molecule has 2 amide bonds. The largest absolute Gasteiger partial charge is 0.492 e. The first-order chi connectivity index (χ1) is 8.19. The third-order valence-corrected chi connectivity index (χ3v) is 2.40. The average molecular weight is 238 g/mol. The molecule has 1 aliphatic rings. The predicted molar refractivity (Wildman–Crippen MR) is 62.7 cm³/mol. The van der Waals surface area contributed by atoms with Crippen molar-refractivity contribution in [1.82, 2.24) is 5.32 Å². The van der Waals surface area contributed by atoms with Crippen LogP contribution < -0.4 is 15.4 Å². The molecule has 1 aromatic rings. The van der Waals surface area contributed by atoms with Gasteiger partial charge in [0.15, 0.2) is 0 Å². The Kier molecular flexibility index (Phi) is 3.46. The van der Waals surface area contributed by atoms with Gasteiger partial charge in [-0.25, -0.2) is 9.18 Å². The Morgan fingerprint density at radius 3 is 2.94 bits per heavy atom. The van der Waals surface area contributed by atoms with E-state index in [1.165, 1.54) is 18.2 Å². The summed E-state index contributed by atoms with van der Waals surface area (Å²) in [5.74, 6) is -0.0416. The quantitative estimate of drug-likeness (QED) is 0.846. The fourth-order valence-corrected chi connectivity index (χ4v) is 1.45. The molecule has 1 aromatic carbocycles. The van der Waals surface area contributed by atoms with Crippen molar-refractivity contribution >= 4 is 11.7 Å². The van der Waals surface area contributed by atoms with E-state index in [2.05, 4.69) is 10.6 Å². The van der Waals surface area contributed by atoms with Crippen LogP contribution in [0.25, 0.3) is 0 Å². The molecule has 0 aliphatic heterocycles. The summed E-state index contributed by atoms with van der Waals surface area (Å²) in [6.07, 6.45) is 2.05. The molecule has 1 saturated carbocycles. The molecule has 0 bridgehead atoms. The minimum atomic E-state index is -0.387. The lowest BCUT2D eigenvalue weighted by Crippen LogP contribution is -2.30. The van der Waals surface area contributed by atoms with Gasteiger partial charge in [0.25, 0.3) is 0 Å². The summed E-state index contributed by atoms with van der Waals surface area (Å²) in [7, 11) is 0. The number of carbonyl (C=O) groups excluding carboxylic acids is 1. The van der Waals surface area contributed by atoms with Gasteiger partial charge < -0.3 is 15.4 Å². The number of hydrogen-bond acceptors (Lipinski definition) is 2. The summed E-state index contributed by atoms with van der Waals surface area (Å²) in [5.41, 5.74) is 0.478. The van der Waals surface area contributed by atoms with Crippen molar-refractivity contribution < 1.29 is 13.9 Å². The lowest BCUT2D eigenvalue weighted by atomic mass is 10.3. The van der Waals surface area contributed by atoms with Crippen molar-refractivity contribution in [1.29, 1.82) is 0 Å². The van der Waals surface area contributed by atoms with E-state index in [4.69, 9.17) is 4.74 Å². The maximum absolute atomic E-state index is 13.0. The van der Waals surface area contributed by atoms with Crippen LogP contribution in [-0.2, 0) is 0 Å². The smallest absolute Gasteiger partial charge is 0.319 e. The molecule has 0 aromatic heterocycles. The molecule has 1 aliphatic carbocycles. The molecule has 0 saturated heterocycles. The van der Waals surface area contributed by atoms with Gasteiger partial charge in [0, 0.05) is 12.1 Å². The Hall–Kier alpha value is -1.78. The van der Waals surface area contributed by atoms with Crippen LogP contribution in [0, 0.1) is 5.82 Å². The highest BCUT2D eigenvalue weighted by Gasteiger charge is 2.23. The number of hydrogen-bond donors (Lipinski definition) is 2. The van der Waals surface area contributed by atoms with Gasteiger partial charge in [0.1, 0.15) is 11.6 Å². The molecular weight excluding hydrogens is 223 g/mol. The van der Waals surface area contributed by atoms with E-state index in [9.17, 15) is 9.18 Å². The van der Waals surface area contributed by atoms with E-state index in [1.54, 1.807) is 6.92 Å². The molecule has 0 heterocycles. The van der Waals surface area contributed by atoms with E-state index >= 15 is 0 Å².